The molecule has 89 heavy (non-hydrogen) atoms. The summed E-state index contributed by atoms with van der Waals surface area (Å²) >= 11 is 6.84. The summed E-state index contributed by atoms with van der Waals surface area (Å²) in [6, 6.07) is 58.0. The number of nitrogens with zero attached hydrogens (tertiary/aromatic N) is 5. The summed E-state index contributed by atoms with van der Waals surface area (Å²) in [5, 5.41) is 17.0. The summed E-state index contributed by atoms with van der Waals surface area (Å²) < 4.78 is 124. The SMILES string of the molecule is [2H]c1c([2H])c([2H])c2c(-c3ccnc(-n4c5ccccc5c5ccc6c7c8ccccc8sc7c7ccccc7c6c54)n3)c([2H])c([2H])c([2H])c2c1[2H].[2H]c1c([2H])c([2H])c2c(-c3ccnc(Br)n3)c([2H])c([2H])c([2H])c2c1[2H].c1ccc2c(c1)Cc1c-2ccc2c1c1ccccc1c1sc3ccccc3c21. The second-order valence-corrected chi connectivity index (χ2v) is 24.5. The van der Waals surface area contributed by atoms with E-state index < -0.39 is 60.4 Å². The van der Waals surface area contributed by atoms with Crippen molar-refractivity contribution in [3.63, 3.8) is 0 Å². The van der Waals surface area contributed by atoms with Gasteiger partial charge >= 0.3 is 0 Å². The van der Waals surface area contributed by atoms with Crippen molar-refractivity contribution < 1.29 is 19.2 Å². The second kappa shape index (κ2) is 20.9. The lowest BCUT2D eigenvalue weighted by Crippen LogP contribution is -2.02. The first kappa shape index (κ1) is 39.3. The van der Waals surface area contributed by atoms with E-state index in [1.807, 2.05) is 34.1 Å². The molecule has 0 atom stereocenters. The highest BCUT2D eigenvalue weighted by atomic mass is 79.9. The van der Waals surface area contributed by atoms with Crippen LogP contribution >= 0.6 is 38.6 Å². The predicted molar refractivity (Wildman–Crippen MR) is 382 cm³/mol. The molecule has 0 amide bonds. The average molecular weight is 1250 g/mol. The Hall–Kier alpha value is -10.5. The Kier molecular flexibility index (Phi) is 9.22. The first-order chi connectivity index (χ1) is 49.9. The molecule has 0 saturated heterocycles. The zero-order chi connectivity index (χ0) is 70.9. The summed E-state index contributed by atoms with van der Waals surface area (Å²) in [6.07, 6.45) is 4.03. The number of fused-ring (bicyclic) bond motifs is 26. The van der Waals surface area contributed by atoms with Crippen LogP contribution < -0.4 is 0 Å². The molecule has 19 aromatic rings. The van der Waals surface area contributed by atoms with Crippen molar-refractivity contribution in [1.82, 2.24) is 24.5 Å². The molecule has 1 aliphatic carbocycles. The fourth-order valence-corrected chi connectivity index (χ4v) is 16.2. The number of benzene rings is 14. The van der Waals surface area contributed by atoms with Crippen molar-refractivity contribution >= 4 is 165 Å². The van der Waals surface area contributed by atoms with E-state index in [0.717, 1.165) is 49.8 Å². The van der Waals surface area contributed by atoms with Crippen molar-refractivity contribution in [2.24, 2.45) is 0 Å². The molecule has 0 aliphatic heterocycles. The van der Waals surface area contributed by atoms with Gasteiger partial charge < -0.3 is 0 Å². The van der Waals surface area contributed by atoms with Crippen LogP contribution in [0.4, 0.5) is 0 Å². The number of halogens is 1. The molecule has 5 heterocycles. The summed E-state index contributed by atoms with van der Waals surface area (Å²) in [4.78, 5) is 17.8. The highest BCUT2D eigenvalue weighted by Gasteiger charge is 2.25. The van der Waals surface area contributed by atoms with Gasteiger partial charge in [-0.05, 0) is 123 Å². The van der Waals surface area contributed by atoms with Crippen molar-refractivity contribution in [2.75, 3.05) is 0 Å². The molecular weight excluding hydrogens is 1190 g/mol. The van der Waals surface area contributed by atoms with Crippen LogP contribution in [0, 0.1) is 0 Å². The second-order valence-electron chi connectivity index (χ2n) is 21.7. The predicted octanol–water partition coefficient (Wildman–Crippen LogP) is 23.1. The number of hydrogen-bond acceptors (Lipinski definition) is 6. The van der Waals surface area contributed by atoms with Gasteiger partial charge in [0.1, 0.15) is 0 Å². The Labute approximate surface area is 546 Å². The third-order valence-corrected chi connectivity index (χ3v) is 19.8. The lowest BCUT2D eigenvalue weighted by atomic mass is 9.91. The minimum atomic E-state index is -0.496. The van der Waals surface area contributed by atoms with E-state index in [9.17, 15) is 0 Å². The molecule has 14 aromatic carbocycles. The van der Waals surface area contributed by atoms with Gasteiger partial charge in [-0.25, -0.2) is 19.9 Å². The first-order valence-electron chi connectivity index (χ1n) is 35.8. The molecular formula is C81H48BrN5S2. The van der Waals surface area contributed by atoms with Crippen LogP contribution in [0.1, 0.15) is 30.3 Å². The minimum absolute atomic E-state index is 0.0117. The molecule has 0 N–H and O–H groups in total. The number of aromatic nitrogens is 5. The van der Waals surface area contributed by atoms with Gasteiger partial charge in [-0.3, -0.25) is 4.57 Å². The van der Waals surface area contributed by atoms with E-state index in [2.05, 4.69) is 178 Å². The van der Waals surface area contributed by atoms with Crippen LogP contribution in [0.3, 0.4) is 0 Å². The van der Waals surface area contributed by atoms with Crippen LogP contribution in [-0.4, -0.2) is 24.5 Å². The standard InChI is InChI=1S/C40H23N3S.C27H16S.C14H9BrN2/c1-2-12-25-24(10-1)11-9-17-26(25)33-22-23-41-40(42-33)43-34-18-7-5-13-27(34)29-20-21-32-36(38(29)43)28-14-3-4-15-30(28)39-37(32)31-16-6-8-19-35(31)44-39;1-2-8-17-16(7-1)15-23-18(17)13-14-22-25(23)19-9-3-4-10-20(19)27-26(22)21-11-5-6-12-24(21)28-27;15-14-16-9-8-13(17-14)12-7-3-5-10-4-1-2-6-11(10)12/h1-23H;1-14H,15H2;1-9H/i1D,2D,9D,10D,11D,12D,17D;;1D,2D,3D,4D,5D,6D,7D. The maximum atomic E-state index is 8.95. The van der Waals surface area contributed by atoms with Gasteiger partial charge in [0.05, 0.1) is 41.6 Å². The average Bonchev–Trinajstić information content (AvgIpc) is 1.57. The zero-order valence-corrected chi connectivity index (χ0v) is 49.8. The molecule has 5 aromatic heterocycles. The lowest BCUT2D eigenvalue weighted by Gasteiger charge is -2.13. The largest absolute Gasteiger partial charge is 0.277 e. The Bertz CT molecular complexity index is 7000. The number of para-hydroxylation sites is 1. The third-order valence-electron chi connectivity index (χ3n) is 17.0. The molecule has 0 fully saturated rings. The van der Waals surface area contributed by atoms with Crippen molar-refractivity contribution in [1.29, 1.82) is 0 Å². The molecule has 1 aliphatic rings. The lowest BCUT2D eigenvalue weighted by molar-refractivity contribution is 0.995. The normalized spacial score (nSPS) is 14.3. The van der Waals surface area contributed by atoms with E-state index in [-0.39, 0.29) is 73.0 Å². The molecule has 0 bridgehead atoms. The van der Waals surface area contributed by atoms with Gasteiger partial charge in [-0.2, -0.15) is 0 Å². The van der Waals surface area contributed by atoms with Crippen LogP contribution in [0.25, 0.3) is 166 Å². The van der Waals surface area contributed by atoms with E-state index in [1.54, 1.807) is 23.6 Å². The Balaban J connectivity index is 0.000000122. The number of rotatable bonds is 3. The van der Waals surface area contributed by atoms with Gasteiger partial charge in [-0.1, -0.05) is 236 Å². The first-order valence-corrected chi connectivity index (χ1v) is 31.2. The van der Waals surface area contributed by atoms with Crippen molar-refractivity contribution in [3.8, 4) is 39.6 Å². The summed E-state index contributed by atoms with van der Waals surface area (Å²) in [5.41, 5.74) is 8.14. The molecule has 20 rings (SSSR count). The Morgan fingerprint density at radius 3 is 1.54 bits per heavy atom. The van der Waals surface area contributed by atoms with Gasteiger partial charge in [0.2, 0.25) is 5.95 Å². The van der Waals surface area contributed by atoms with Crippen molar-refractivity contribution in [3.05, 3.63) is 295 Å². The summed E-state index contributed by atoms with van der Waals surface area (Å²) in [7, 11) is 0. The monoisotopic (exact) mass is 1250 g/mol. The van der Waals surface area contributed by atoms with Crippen LogP contribution in [0.2, 0.25) is 0 Å². The van der Waals surface area contributed by atoms with Gasteiger partial charge in [0.25, 0.3) is 0 Å². The Morgan fingerprint density at radius 1 is 0.371 bits per heavy atom. The maximum Gasteiger partial charge on any atom is 0.235 e. The number of hydrogen-bond donors (Lipinski definition) is 0. The molecule has 0 saturated carbocycles. The fourth-order valence-electron chi connectivity index (χ4n) is 13.4. The topological polar surface area (TPSA) is 56.5 Å². The highest BCUT2D eigenvalue weighted by molar-refractivity contribution is 9.10. The maximum absolute atomic E-state index is 8.95. The zero-order valence-electron chi connectivity index (χ0n) is 60.6. The molecule has 0 radical (unpaired) electrons. The quantitative estimate of drug-likeness (QED) is 0.131. The van der Waals surface area contributed by atoms with Crippen molar-refractivity contribution in [2.45, 2.75) is 6.42 Å². The molecule has 0 spiro atoms. The molecule has 416 valence electrons. The van der Waals surface area contributed by atoms with Crippen LogP contribution in [0.15, 0.2) is 284 Å². The molecule has 5 nitrogen and oxygen atoms in total. The highest BCUT2D eigenvalue weighted by Crippen LogP contribution is 2.50. The summed E-state index contributed by atoms with van der Waals surface area (Å²) in [5.74, 6) is 0.306. The minimum Gasteiger partial charge on any atom is -0.277 e. The van der Waals surface area contributed by atoms with Crippen LogP contribution in [-0.2, 0) is 6.42 Å². The van der Waals surface area contributed by atoms with Gasteiger partial charge in [0.15, 0.2) is 4.73 Å². The van der Waals surface area contributed by atoms with Gasteiger partial charge in [0, 0.05) is 90.8 Å². The number of thiophene rings is 2. The summed E-state index contributed by atoms with van der Waals surface area (Å²) in [6.45, 7) is 0. The molecule has 0 unspecified atom stereocenters. The van der Waals surface area contributed by atoms with E-state index in [4.69, 9.17) is 29.2 Å². The van der Waals surface area contributed by atoms with E-state index in [0.29, 0.717) is 5.95 Å². The van der Waals surface area contributed by atoms with Gasteiger partial charge in [-0.15, -0.1) is 22.7 Å². The van der Waals surface area contributed by atoms with E-state index in [1.165, 1.54) is 96.4 Å². The fraction of sp³-hybridized carbons (Fsp3) is 0.0123. The third kappa shape index (κ3) is 8.25. The Morgan fingerprint density at radius 2 is 0.876 bits per heavy atom. The van der Waals surface area contributed by atoms with Crippen LogP contribution in [0.5, 0.6) is 0 Å². The smallest absolute Gasteiger partial charge is 0.235 e. The molecule has 8 heteroatoms. The van der Waals surface area contributed by atoms with E-state index >= 15 is 0 Å².